The maximum atomic E-state index is 3.98. The van der Waals surface area contributed by atoms with Gasteiger partial charge in [-0.2, -0.15) is 0 Å². The SMILES string of the molecule is CCCCCCCCCCCCCCCCCCCCCCCCCCCP(C)(C)(C)Br. The summed E-state index contributed by atoms with van der Waals surface area (Å²) >= 11 is 3.98. The van der Waals surface area contributed by atoms with Crippen LogP contribution >= 0.6 is 20.8 Å². The molecule has 0 saturated heterocycles. The second kappa shape index (κ2) is 22.4. The third-order valence-electron chi connectivity index (χ3n) is 7.02. The molecule has 0 nitrogen and oxygen atoms in total. The molecule has 32 heavy (non-hydrogen) atoms. The fraction of sp³-hybridized carbons (Fsp3) is 1.00. The molecule has 0 saturated carbocycles. The molecule has 0 aliphatic carbocycles. The van der Waals surface area contributed by atoms with Crippen molar-refractivity contribution in [3.8, 4) is 0 Å². The van der Waals surface area contributed by atoms with Gasteiger partial charge in [0.05, 0.1) is 0 Å². The second-order valence-electron chi connectivity index (χ2n) is 12.1. The number of rotatable bonds is 26. The Balaban J connectivity index is 3.07. The standard InChI is InChI=1S/C30H64BrP/c1-5-6-7-8-9-10-11-12-13-14-15-16-17-18-19-20-21-22-23-24-25-26-27-28-29-30-32(2,3,4)31/h5-30H2,1-4H3. The molecule has 0 fully saturated rings. The van der Waals surface area contributed by atoms with Crippen molar-refractivity contribution in [3.05, 3.63) is 0 Å². The summed E-state index contributed by atoms with van der Waals surface area (Å²) in [5.41, 5.74) is 0. The maximum absolute atomic E-state index is 3.98. The van der Waals surface area contributed by atoms with Gasteiger partial charge in [0.15, 0.2) is 0 Å². The van der Waals surface area contributed by atoms with Crippen LogP contribution in [0, 0.1) is 0 Å². The third kappa shape index (κ3) is 30.9. The molecule has 0 unspecified atom stereocenters. The summed E-state index contributed by atoms with van der Waals surface area (Å²) in [6, 6.07) is 0. The predicted molar refractivity (Wildman–Crippen MR) is 160 cm³/mol. The van der Waals surface area contributed by atoms with Crippen LogP contribution in [0.3, 0.4) is 0 Å². The Morgan fingerprint density at radius 2 is 0.531 bits per heavy atom. The molecular formula is C30H64BrP. The molecule has 196 valence electrons. The molecule has 0 heterocycles. The summed E-state index contributed by atoms with van der Waals surface area (Å²) < 4.78 is 0. The van der Waals surface area contributed by atoms with E-state index in [1.165, 1.54) is 167 Å². The van der Waals surface area contributed by atoms with Crippen LogP contribution in [0.15, 0.2) is 0 Å². The van der Waals surface area contributed by atoms with Crippen LogP contribution in [0.5, 0.6) is 0 Å². The zero-order valence-electron chi connectivity index (χ0n) is 23.2. The Bertz CT molecular complexity index is 362. The average molecular weight is 536 g/mol. The van der Waals surface area contributed by atoms with Crippen molar-refractivity contribution < 1.29 is 0 Å². The van der Waals surface area contributed by atoms with Crippen LogP contribution in [-0.2, 0) is 0 Å². The summed E-state index contributed by atoms with van der Waals surface area (Å²) in [4.78, 5) is 0. The monoisotopic (exact) mass is 534 g/mol. The Hall–Kier alpha value is 0.910. The molecule has 0 rings (SSSR count). The molecule has 0 spiro atoms. The van der Waals surface area contributed by atoms with Crippen LogP contribution in [0.25, 0.3) is 0 Å². The molecule has 0 aliphatic heterocycles. The van der Waals surface area contributed by atoms with Crippen molar-refractivity contribution in [1.82, 2.24) is 0 Å². The van der Waals surface area contributed by atoms with E-state index in [9.17, 15) is 0 Å². The third-order valence-corrected chi connectivity index (χ3v) is 9.91. The van der Waals surface area contributed by atoms with E-state index in [1.54, 1.807) is 0 Å². The molecule has 0 aromatic rings. The molecule has 0 atom stereocenters. The first-order chi connectivity index (χ1) is 15.3. The van der Waals surface area contributed by atoms with Gasteiger partial charge >= 0.3 is 118 Å². The van der Waals surface area contributed by atoms with E-state index in [0.717, 1.165) is 0 Å². The quantitative estimate of drug-likeness (QED) is 0.0763. The first-order valence-electron chi connectivity index (χ1n) is 15.0. The molecular weight excluding hydrogens is 471 g/mol. The minimum atomic E-state index is -1.42. The number of unbranched alkanes of at least 4 members (excludes halogenated alkanes) is 24. The fourth-order valence-corrected chi connectivity index (χ4v) is 6.83. The van der Waals surface area contributed by atoms with E-state index in [4.69, 9.17) is 0 Å². The van der Waals surface area contributed by atoms with Gasteiger partial charge < -0.3 is 0 Å². The van der Waals surface area contributed by atoms with E-state index in [2.05, 4.69) is 42.4 Å². The Labute approximate surface area is 213 Å². The van der Waals surface area contributed by atoms with Gasteiger partial charge in [0.25, 0.3) is 0 Å². The van der Waals surface area contributed by atoms with Crippen LogP contribution in [0.2, 0.25) is 0 Å². The number of halogens is 1. The van der Waals surface area contributed by atoms with Gasteiger partial charge in [0, 0.05) is 0 Å². The Kier molecular flexibility index (Phi) is 23.0. The van der Waals surface area contributed by atoms with Gasteiger partial charge in [-0.25, -0.2) is 0 Å². The van der Waals surface area contributed by atoms with Gasteiger partial charge in [0.2, 0.25) is 0 Å². The van der Waals surface area contributed by atoms with Gasteiger partial charge in [-0.05, 0) is 0 Å². The minimum absolute atomic E-state index is 1.37. The van der Waals surface area contributed by atoms with E-state index >= 15 is 0 Å². The van der Waals surface area contributed by atoms with E-state index < -0.39 is 5.31 Å². The molecule has 0 amide bonds. The molecule has 0 aromatic carbocycles. The Morgan fingerprint density at radius 1 is 0.344 bits per heavy atom. The van der Waals surface area contributed by atoms with E-state index in [0.29, 0.717) is 0 Å². The summed E-state index contributed by atoms with van der Waals surface area (Å²) in [6.07, 6.45) is 38.2. The molecule has 0 aromatic heterocycles. The molecule has 0 radical (unpaired) electrons. The summed E-state index contributed by atoms with van der Waals surface area (Å²) in [5.74, 6) is 0. The fourth-order valence-electron chi connectivity index (χ4n) is 4.78. The van der Waals surface area contributed by atoms with Gasteiger partial charge in [-0.3, -0.25) is 0 Å². The number of hydrogen-bond donors (Lipinski definition) is 0. The van der Waals surface area contributed by atoms with Crippen LogP contribution in [-0.4, -0.2) is 26.2 Å². The van der Waals surface area contributed by atoms with Gasteiger partial charge in [-0.1, -0.05) is 96.8 Å². The van der Waals surface area contributed by atoms with Crippen molar-refractivity contribution in [2.24, 2.45) is 0 Å². The Morgan fingerprint density at radius 3 is 0.719 bits per heavy atom. The predicted octanol–water partition coefficient (Wildman–Crippen LogP) is 12.5. The molecule has 0 aliphatic rings. The summed E-state index contributed by atoms with van der Waals surface area (Å²) in [5, 5.41) is -1.42. The topological polar surface area (TPSA) is 0 Å². The normalized spacial score (nSPS) is 13.3. The first kappa shape index (κ1) is 32.9. The van der Waals surface area contributed by atoms with Gasteiger partial charge in [-0.15, -0.1) is 0 Å². The van der Waals surface area contributed by atoms with Crippen LogP contribution in [0.4, 0.5) is 0 Å². The van der Waals surface area contributed by atoms with Crippen molar-refractivity contribution in [2.45, 2.75) is 167 Å². The number of hydrogen-bond acceptors (Lipinski definition) is 0. The van der Waals surface area contributed by atoms with E-state index in [1.807, 2.05) is 0 Å². The average Bonchev–Trinajstić information content (AvgIpc) is 2.72. The van der Waals surface area contributed by atoms with Crippen molar-refractivity contribution in [2.75, 3.05) is 26.2 Å². The molecule has 0 bridgehead atoms. The van der Waals surface area contributed by atoms with Crippen molar-refractivity contribution in [1.29, 1.82) is 0 Å². The van der Waals surface area contributed by atoms with E-state index in [-0.39, 0.29) is 0 Å². The van der Waals surface area contributed by atoms with Crippen molar-refractivity contribution in [3.63, 3.8) is 0 Å². The first-order valence-corrected chi connectivity index (χ1v) is 20.8. The zero-order chi connectivity index (χ0) is 23.8. The van der Waals surface area contributed by atoms with Crippen LogP contribution < -0.4 is 0 Å². The zero-order valence-corrected chi connectivity index (χ0v) is 25.7. The molecule has 0 N–H and O–H groups in total. The second-order valence-corrected chi connectivity index (χ2v) is 26.3. The van der Waals surface area contributed by atoms with Crippen molar-refractivity contribution >= 4 is 20.8 Å². The van der Waals surface area contributed by atoms with Crippen LogP contribution in [0.1, 0.15) is 167 Å². The molecule has 2 heteroatoms. The van der Waals surface area contributed by atoms with Gasteiger partial charge in [0.1, 0.15) is 0 Å². The summed E-state index contributed by atoms with van der Waals surface area (Å²) in [6.45, 7) is 9.61. The summed E-state index contributed by atoms with van der Waals surface area (Å²) in [7, 11) is 0.